The monoisotopic (exact) mass is 253 g/mol. The maximum absolute atomic E-state index is 6.42. The quantitative estimate of drug-likeness (QED) is 0.899. The van der Waals surface area contributed by atoms with Crippen molar-refractivity contribution in [3.8, 4) is 0 Å². The smallest absolute Gasteiger partial charge is 0.0834 e. The number of aromatic nitrogens is 2. The Hall–Kier alpha value is -0.540. The van der Waals surface area contributed by atoms with Gasteiger partial charge in [-0.25, -0.2) is 0 Å². The van der Waals surface area contributed by atoms with Crippen LogP contribution in [0.5, 0.6) is 0 Å². The Morgan fingerprint density at radius 1 is 1.35 bits per heavy atom. The number of fused-ring (bicyclic) bond motifs is 1. The number of hydrogen-bond donors (Lipinski definition) is 1. The summed E-state index contributed by atoms with van der Waals surface area (Å²) >= 11 is 6.25. The summed E-state index contributed by atoms with van der Waals surface area (Å²) in [6.45, 7) is 4.23. The summed E-state index contributed by atoms with van der Waals surface area (Å²) in [5, 5.41) is 5.07. The summed E-state index contributed by atoms with van der Waals surface area (Å²) in [6.07, 6.45) is 5.73. The minimum absolute atomic E-state index is 0.0557. The van der Waals surface area contributed by atoms with Crippen LogP contribution >= 0.6 is 11.6 Å². The van der Waals surface area contributed by atoms with E-state index in [2.05, 4.69) is 18.9 Å². The van der Waals surface area contributed by atoms with Crippen LogP contribution < -0.4 is 5.73 Å². The molecule has 2 fully saturated rings. The predicted molar refractivity (Wildman–Crippen MR) is 68.9 cm³/mol. The molecule has 3 nitrogen and oxygen atoms in total. The van der Waals surface area contributed by atoms with Crippen molar-refractivity contribution in [1.29, 1.82) is 0 Å². The SMILES string of the molecule is CC(C)n1ncc(Cl)c1C(N)C1CC2CC2C1. The van der Waals surface area contributed by atoms with Gasteiger partial charge in [-0.1, -0.05) is 11.6 Å². The molecule has 2 aliphatic carbocycles. The van der Waals surface area contributed by atoms with Gasteiger partial charge in [0.1, 0.15) is 0 Å². The molecule has 1 aromatic heterocycles. The molecule has 3 atom stereocenters. The Labute approximate surface area is 107 Å². The number of nitrogens with two attached hydrogens (primary N) is 1. The highest BCUT2D eigenvalue weighted by molar-refractivity contribution is 6.31. The van der Waals surface area contributed by atoms with E-state index in [4.69, 9.17) is 17.3 Å². The van der Waals surface area contributed by atoms with Gasteiger partial charge in [-0.15, -0.1) is 0 Å². The molecule has 2 aliphatic rings. The second-order valence-corrected chi connectivity index (χ2v) is 6.34. The molecule has 0 aliphatic heterocycles. The molecule has 0 amide bonds. The first-order chi connectivity index (χ1) is 8.08. The third kappa shape index (κ3) is 1.89. The third-order valence-electron chi connectivity index (χ3n) is 4.38. The molecule has 1 aromatic rings. The van der Waals surface area contributed by atoms with Gasteiger partial charge in [-0.3, -0.25) is 4.68 Å². The minimum Gasteiger partial charge on any atom is -0.322 e. The summed E-state index contributed by atoms with van der Waals surface area (Å²) < 4.78 is 1.98. The maximum Gasteiger partial charge on any atom is 0.0834 e. The topological polar surface area (TPSA) is 43.8 Å². The fraction of sp³-hybridized carbons (Fsp3) is 0.769. The zero-order valence-corrected chi connectivity index (χ0v) is 11.2. The van der Waals surface area contributed by atoms with Crippen LogP contribution in [0.4, 0.5) is 0 Å². The van der Waals surface area contributed by atoms with Crippen molar-refractivity contribution in [3.63, 3.8) is 0 Å². The van der Waals surface area contributed by atoms with Crippen molar-refractivity contribution in [2.75, 3.05) is 0 Å². The summed E-state index contributed by atoms with van der Waals surface area (Å²) in [5.41, 5.74) is 7.46. The number of hydrogen-bond acceptors (Lipinski definition) is 2. The standard InChI is InChI=1S/C13H20ClN3/c1-7(2)17-13(11(14)6-16-17)12(15)10-4-8-3-9(8)5-10/h6-10,12H,3-5,15H2,1-2H3. The van der Waals surface area contributed by atoms with E-state index in [-0.39, 0.29) is 6.04 Å². The molecule has 3 rings (SSSR count). The van der Waals surface area contributed by atoms with Gasteiger partial charge < -0.3 is 5.73 Å². The van der Waals surface area contributed by atoms with E-state index in [1.54, 1.807) is 6.20 Å². The lowest BCUT2D eigenvalue weighted by molar-refractivity contribution is 0.371. The highest BCUT2D eigenvalue weighted by Gasteiger charge is 2.48. The van der Waals surface area contributed by atoms with Crippen LogP contribution in [-0.2, 0) is 0 Å². The summed E-state index contributed by atoms with van der Waals surface area (Å²) in [6, 6.07) is 0.375. The molecule has 17 heavy (non-hydrogen) atoms. The second-order valence-electron chi connectivity index (χ2n) is 5.93. The van der Waals surface area contributed by atoms with Crippen LogP contribution in [0, 0.1) is 17.8 Å². The number of rotatable bonds is 3. The van der Waals surface area contributed by atoms with Gasteiger partial charge in [-0.05, 0) is 50.9 Å². The molecule has 2 saturated carbocycles. The van der Waals surface area contributed by atoms with Crippen molar-refractivity contribution in [1.82, 2.24) is 9.78 Å². The molecular weight excluding hydrogens is 234 g/mol. The average Bonchev–Trinajstić information content (AvgIpc) is 2.74. The van der Waals surface area contributed by atoms with Gasteiger partial charge >= 0.3 is 0 Å². The first kappa shape index (κ1) is 11.5. The Balaban J connectivity index is 1.84. The predicted octanol–water partition coefficient (Wildman–Crippen LogP) is 3.16. The maximum atomic E-state index is 6.42. The van der Waals surface area contributed by atoms with Gasteiger partial charge in [0.15, 0.2) is 0 Å². The zero-order valence-electron chi connectivity index (χ0n) is 10.4. The van der Waals surface area contributed by atoms with E-state index >= 15 is 0 Å². The first-order valence-corrected chi connectivity index (χ1v) is 6.94. The van der Waals surface area contributed by atoms with Crippen molar-refractivity contribution in [2.24, 2.45) is 23.5 Å². The summed E-state index contributed by atoms with van der Waals surface area (Å²) in [4.78, 5) is 0. The van der Waals surface area contributed by atoms with Crippen LogP contribution in [0.25, 0.3) is 0 Å². The largest absolute Gasteiger partial charge is 0.322 e. The minimum atomic E-state index is 0.0557. The van der Waals surface area contributed by atoms with Crippen molar-refractivity contribution >= 4 is 11.6 Å². The second kappa shape index (κ2) is 3.99. The van der Waals surface area contributed by atoms with Crippen molar-refractivity contribution in [2.45, 2.75) is 45.2 Å². The molecule has 0 aromatic carbocycles. The number of halogens is 1. The van der Waals surface area contributed by atoms with E-state index in [1.807, 2.05) is 4.68 Å². The van der Waals surface area contributed by atoms with E-state index in [0.29, 0.717) is 12.0 Å². The molecule has 94 valence electrons. The number of nitrogens with zero attached hydrogens (tertiary/aromatic N) is 2. The van der Waals surface area contributed by atoms with E-state index in [1.165, 1.54) is 19.3 Å². The lowest BCUT2D eigenvalue weighted by atomic mass is 9.92. The molecule has 3 unspecified atom stereocenters. The van der Waals surface area contributed by atoms with Crippen LogP contribution in [-0.4, -0.2) is 9.78 Å². The van der Waals surface area contributed by atoms with E-state index < -0.39 is 0 Å². The first-order valence-electron chi connectivity index (χ1n) is 6.56. The molecular formula is C13H20ClN3. The average molecular weight is 254 g/mol. The van der Waals surface area contributed by atoms with E-state index in [9.17, 15) is 0 Å². The van der Waals surface area contributed by atoms with Crippen molar-refractivity contribution in [3.05, 3.63) is 16.9 Å². The molecule has 0 bridgehead atoms. The molecule has 1 heterocycles. The van der Waals surface area contributed by atoms with Crippen LogP contribution in [0.1, 0.15) is 50.9 Å². The van der Waals surface area contributed by atoms with Crippen LogP contribution in [0.3, 0.4) is 0 Å². The summed E-state index contributed by atoms with van der Waals surface area (Å²) in [7, 11) is 0. The Morgan fingerprint density at radius 3 is 2.59 bits per heavy atom. The lowest BCUT2D eigenvalue weighted by Gasteiger charge is -2.23. The Bertz CT molecular complexity index is 416. The van der Waals surface area contributed by atoms with Gasteiger partial charge in [0.2, 0.25) is 0 Å². The fourth-order valence-corrected chi connectivity index (χ4v) is 3.61. The molecule has 0 radical (unpaired) electrons. The highest BCUT2D eigenvalue weighted by atomic mass is 35.5. The normalized spacial score (nSPS) is 32.9. The molecule has 0 spiro atoms. The van der Waals surface area contributed by atoms with Gasteiger partial charge in [0.25, 0.3) is 0 Å². The fourth-order valence-electron chi connectivity index (χ4n) is 3.35. The zero-order chi connectivity index (χ0) is 12.2. The molecule has 4 heteroatoms. The van der Waals surface area contributed by atoms with Crippen LogP contribution in [0.15, 0.2) is 6.20 Å². The highest BCUT2D eigenvalue weighted by Crippen LogP contribution is 2.57. The van der Waals surface area contributed by atoms with E-state index in [0.717, 1.165) is 22.6 Å². The Morgan fingerprint density at radius 2 is 2.00 bits per heavy atom. The van der Waals surface area contributed by atoms with Gasteiger partial charge in [0.05, 0.1) is 23.0 Å². The molecule has 2 N–H and O–H groups in total. The van der Waals surface area contributed by atoms with Crippen LogP contribution in [0.2, 0.25) is 5.02 Å². The molecule has 0 saturated heterocycles. The Kier molecular flexibility index (Phi) is 2.71. The summed E-state index contributed by atoms with van der Waals surface area (Å²) in [5.74, 6) is 2.52. The third-order valence-corrected chi connectivity index (χ3v) is 4.67. The van der Waals surface area contributed by atoms with Gasteiger partial charge in [-0.2, -0.15) is 5.10 Å². The van der Waals surface area contributed by atoms with Crippen molar-refractivity contribution < 1.29 is 0 Å². The van der Waals surface area contributed by atoms with Gasteiger partial charge in [0, 0.05) is 6.04 Å². The lowest BCUT2D eigenvalue weighted by Crippen LogP contribution is -2.25.